The largest absolute Gasteiger partial charge is 0.473 e. The number of aryl methyl sites for hydroxylation is 6. The van der Waals surface area contributed by atoms with E-state index in [0.717, 1.165) is 34.9 Å². The lowest BCUT2D eigenvalue weighted by Gasteiger charge is -2.28. The smallest absolute Gasteiger partial charge is 0.258 e. The van der Waals surface area contributed by atoms with E-state index < -0.39 is 0 Å². The Morgan fingerprint density at radius 3 is 1.67 bits per heavy atom. The van der Waals surface area contributed by atoms with Crippen LogP contribution >= 0.6 is 0 Å². The van der Waals surface area contributed by atoms with Crippen LogP contribution in [0.15, 0.2) is 34.3 Å². The molecule has 0 spiro atoms. The quantitative estimate of drug-likeness (QED) is 0.730. The van der Waals surface area contributed by atoms with Crippen molar-refractivity contribution in [1.29, 1.82) is 0 Å². The van der Waals surface area contributed by atoms with Crippen LogP contribution in [0.25, 0.3) is 0 Å². The van der Waals surface area contributed by atoms with Gasteiger partial charge in [0, 0.05) is 7.05 Å². The van der Waals surface area contributed by atoms with Gasteiger partial charge in [-0.1, -0.05) is 35.4 Å². The highest BCUT2D eigenvalue weighted by atomic mass is 16.5. The first-order valence-corrected chi connectivity index (χ1v) is 9.43. The van der Waals surface area contributed by atoms with Crippen LogP contribution in [0.3, 0.4) is 0 Å². The van der Waals surface area contributed by atoms with Gasteiger partial charge >= 0.3 is 0 Å². The monoisotopic (exact) mass is 363 g/mol. The molecule has 0 N–H and O–H groups in total. The normalized spacial score (nSPS) is 17.5. The number of hydrogen-bond donors (Lipinski definition) is 0. The van der Waals surface area contributed by atoms with E-state index in [1.54, 1.807) is 0 Å². The van der Waals surface area contributed by atoms with Crippen LogP contribution in [0.5, 0.6) is 0 Å². The molecule has 3 rings (SSSR count). The lowest BCUT2D eigenvalue weighted by molar-refractivity contribution is 0.252. The molecule has 0 aromatic heterocycles. The zero-order chi connectivity index (χ0) is 19.7. The Bertz CT molecular complexity index is 895. The Morgan fingerprint density at radius 2 is 1.19 bits per heavy atom. The van der Waals surface area contributed by atoms with Crippen molar-refractivity contribution in [3.05, 3.63) is 57.6 Å². The van der Waals surface area contributed by atoms with Gasteiger partial charge in [-0.3, -0.25) is 0 Å². The Labute approximate surface area is 162 Å². The highest BCUT2D eigenvalue weighted by molar-refractivity contribution is 6.39. The first-order valence-electron chi connectivity index (χ1n) is 9.43. The standard InChI is InChI=1S/C23H29N3O/c1-14-10-16(3)20(17(4)11-14)24-22-23(27-9-8-26(22)7)25-21-18(5)12-15(2)13-19(21)6/h10-13H,8-9H2,1-7H3. The summed E-state index contributed by atoms with van der Waals surface area (Å²) in [5.74, 6) is 1.38. The molecule has 142 valence electrons. The molecule has 2 aromatic rings. The van der Waals surface area contributed by atoms with Crippen molar-refractivity contribution in [1.82, 2.24) is 4.90 Å². The van der Waals surface area contributed by atoms with Crippen molar-refractivity contribution < 1.29 is 4.74 Å². The second-order valence-electron chi connectivity index (χ2n) is 7.62. The number of benzene rings is 2. The molecule has 27 heavy (non-hydrogen) atoms. The maximum absolute atomic E-state index is 5.96. The highest BCUT2D eigenvalue weighted by Gasteiger charge is 2.23. The molecule has 1 fully saturated rings. The van der Waals surface area contributed by atoms with Crippen molar-refractivity contribution >= 4 is 23.1 Å². The van der Waals surface area contributed by atoms with E-state index >= 15 is 0 Å². The minimum Gasteiger partial charge on any atom is -0.473 e. The third-order valence-corrected chi connectivity index (χ3v) is 4.92. The molecule has 1 saturated heterocycles. The fourth-order valence-electron chi connectivity index (χ4n) is 3.73. The minimum absolute atomic E-state index is 0.596. The molecule has 4 nitrogen and oxygen atoms in total. The summed E-state index contributed by atoms with van der Waals surface area (Å²) < 4.78 is 5.96. The van der Waals surface area contributed by atoms with Gasteiger partial charge in [-0.05, 0) is 63.8 Å². The summed E-state index contributed by atoms with van der Waals surface area (Å²) in [6.45, 7) is 14.0. The fraction of sp³-hybridized carbons (Fsp3) is 0.391. The molecule has 1 aliphatic heterocycles. The molecule has 1 aliphatic rings. The average molecular weight is 364 g/mol. The van der Waals surface area contributed by atoms with E-state index in [0.29, 0.717) is 12.5 Å². The number of rotatable bonds is 2. The predicted octanol–water partition coefficient (Wildman–Crippen LogP) is 5.26. The van der Waals surface area contributed by atoms with E-state index in [1.807, 2.05) is 7.05 Å². The second kappa shape index (κ2) is 7.55. The lowest BCUT2D eigenvalue weighted by atomic mass is 10.1. The van der Waals surface area contributed by atoms with Gasteiger partial charge in [0.15, 0.2) is 5.84 Å². The van der Waals surface area contributed by atoms with Crippen molar-refractivity contribution in [2.24, 2.45) is 9.98 Å². The maximum atomic E-state index is 5.96. The molecule has 0 atom stereocenters. The maximum Gasteiger partial charge on any atom is 0.258 e. The number of amidine groups is 1. The Kier molecular flexibility index (Phi) is 5.36. The number of likely N-dealkylation sites (N-methyl/N-ethyl adjacent to an activating group) is 1. The van der Waals surface area contributed by atoms with Gasteiger partial charge in [0.1, 0.15) is 6.61 Å². The third-order valence-electron chi connectivity index (χ3n) is 4.92. The molecule has 4 heteroatoms. The zero-order valence-corrected chi connectivity index (χ0v) is 17.5. The average Bonchev–Trinajstić information content (AvgIpc) is 2.55. The van der Waals surface area contributed by atoms with Crippen LogP contribution in [0.2, 0.25) is 0 Å². The molecule has 0 saturated carbocycles. The molecule has 0 amide bonds. The fourth-order valence-corrected chi connectivity index (χ4v) is 3.73. The van der Waals surface area contributed by atoms with Gasteiger partial charge < -0.3 is 9.64 Å². The Morgan fingerprint density at radius 1 is 0.741 bits per heavy atom. The number of hydrogen-bond acceptors (Lipinski definition) is 3. The van der Waals surface area contributed by atoms with Gasteiger partial charge in [-0.15, -0.1) is 0 Å². The second-order valence-corrected chi connectivity index (χ2v) is 7.62. The van der Waals surface area contributed by atoms with Gasteiger partial charge in [-0.2, -0.15) is 0 Å². The lowest BCUT2D eigenvalue weighted by Crippen LogP contribution is -2.42. The summed E-state index contributed by atoms with van der Waals surface area (Å²) in [6.07, 6.45) is 0. The summed E-state index contributed by atoms with van der Waals surface area (Å²) in [5.41, 5.74) is 9.10. The van der Waals surface area contributed by atoms with Gasteiger partial charge in [0.05, 0.1) is 17.9 Å². The summed E-state index contributed by atoms with van der Waals surface area (Å²) in [6, 6.07) is 8.65. The van der Waals surface area contributed by atoms with Crippen LogP contribution in [-0.4, -0.2) is 36.8 Å². The van der Waals surface area contributed by atoms with E-state index in [1.165, 1.54) is 22.3 Å². The summed E-state index contributed by atoms with van der Waals surface area (Å²) in [4.78, 5) is 12.0. The number of ether oxygens (including phenoxy) is 1. The topological polar surface area (TPSA) is 37.2 Å². The van der Waals surface area contributed by atoms with Crippen LogP contribution < -0.4 is 0 Å². The number of morpholine rings is 1. The highest BCUT2D eigenvalue weighted by Crippen LogP contribution is 2.28. The SMILES string of the molecule is Cc1cc(C)c(N=C2OCCN(C)C2=Nc2c(C)cc(C)cc2C)c(C)c1. The summed E-state index contributed by atoms with van der Waals surface area (Å²) in [7, 11) is 2.05. The van der Waals surface area contributed by atoms with Crippen molar-refractivity contribution in [2.45, 2.75) is 41.5 Å². The van der Waals surface area contributed by atoms with Crippen LogP contribution in [0.1, 0.15) is 33.4 Å². The minimum atomic E-state index is 0.596. The van der Waals surface area contributed by atoms with Crippen molar-refractivity contribution in [3.8, 4) is 0 Å². The Hall–Kier alpha value is -2.62. The van der Waals surface area contributed by atoms with Crippen molar-refractivity contribution in [3.63, 3.8) is 0 Å². The molecule has 0 unspecified atom stereocenters. The third kappa shape index (κ3) is 4.05. The van der Waals surface area contributed by atoms with Gasteiger partial charge in [0.2, 0.25) is 0 Å². The van der Waals surface area contributed by atoms with E-state index in [-0.39, 0.29) is 0 Å². The Balaban J connectivity index is 2.13. The van der Waals surface area contributed by atoms with E-state index in [4.69, 9.17) is 14.7 Å². The first kappa shape index (κ1) is 19.2. The zero-order valence-electron chi connectivity index (χ0n) is 17.5. The van der Waals surface area contributed by atoms with Gasteiger partial charge in [0.25, 0.3) is 5.90 Å². The predicted molar refractivity (Wildman–Crippen MR) is 114 cm³/mol. The molecular weight excluding hydrogens is 334 g/mol. The number of aliphatic imine (C=N–C) groups is 2. The number of nitrogens with zero attached hydrogens (tertiary/aromatic N) is 3. The van der Waals surface area contributed by atoms with Crippen molar-refractivity contribution in [2.75, 3.05) is 20.2 Å². The molecule has 2 aromatic carbocycles. The molecular formula is C23H29N3O. The van der Waals surface area contributed by atoms with Gasteiger partial charge in [-0.25, -0.2) is 9.98 Å². The van der Waals surface area contributed by atoms with Crippen LogP contribution in [-0.2, 0) is 4.74 Å². The van der Waals surface area contributed by atoms with E-state index in [2.05, 4.69) is 70.7 Å². The first-order chi connectivity index (χ1) is 12.8. The molecule has 0 radical (unpaired) electrons. The molecule has 0 bridgehead atoms. The van der Waals surface area contributed by atoms with Crippen LogP contribution in [0.4, 0.5) is 11.4 Å². The molecule has 1 heterocycles. The summed E-state index contributed by atoms with van der Waals surface area (Å²) in [5, 5.41) is 0. The molecule has 0 aliphatic carbocycles. The van der Waals surface area contributed by atoms with Crippen LogP contribution in [0, 0.1) is 41.5 Å². The summed E-state index contributed by atoms with van der Waals surface area (Å²) >= 11 is 0. The van der Waals surface area contributed by atoms with E-state index in [9.17, 15) is 0 Å².